The van der Waals surface area contributed by atoms with Gasteiger partial charge in [0.1, 0.15) is 18.0 Å². The average Bonchev–Trinajstić information content (AvgIpc) is 2.77. The van der Waals surface area contributed by atoms with E-state index in [0.29, 0.717) is 50.7 Å². The summed E-state index contributed by atoms with van der Waals surface area (Å²) < 4.78 is 56.1. The summed E-state index contributed by atoms with van der Waals surface area (Å²) in [5.41, 5.74) is -0.913. The molecule has 9 nitrogen and oxygen atoms in total. The minimum atomic E-state index is -4.54. The van der Waals surface area contributed by atoms with Gasteiger partial charge in [0, 0.05) is 25.4 Å². The van der Waals surface area contributed by atoms with Crippen LogP contribution in [0, 0.1) is 0 Å². The second-order valence-corrected chi connectivity index (χ2v) is 8.14. The number of halogens is 3. The van der Waals surface area contributed by atoms with Crippen LogP contribution in [0.4, 0.5) is 29.6 Å². The Morgan fingerprint density at radius 1 is 1.09 bits per heavy atom. The van der Waals surface area contributed by atoms with E-state index in [1.807, 2.05) is 0 Å². The smallest absolute Gasteiger partial charge is 0.416 e. The van der Waals surface area contributed by atoms with E-state index in [0.717, 1.165) is 12.1 Å². The lowest BCUT2D eigenvalue weighted by molar-refractivity contribution is -0.137. The van der Waals surface area contributed by atoms with Gasteiger partial charge in [-0.1, -0.05) is 0 Å². The van der Waals surface area contributed by atoms with E-state index in [1.54, 1.807) is 19.3 Å². The number of anilines is 2. The number of alkyl halides is 3. The topological polar surface area (TPSA) is 107 Å². The zero-order valence-electron chi connectivity index (χ0n) is 18.5. The second-order valence-electron chi connectivity index (χ2n) is 8.14. The van der Waals surface area contributed by atoms with E-state index in [1.165, 1.54) is 6.07 Å². The SMILES string of the molecule is CNc1nccc(OC2CCC(NC(=O)Nc3cc(C(F)(F)F)ccc3OC3COC3)CC2)n1. The van der Waals surface area contributed by atoms with Crippen molar-refractivity contribution in [2.45, 2.75) is 50.1 Å². The van der Waals surface area contributed by atoms with E-state index in [9.17, 15) is 18.0 Å². The molecule has 1 saturated heterocycles. The summed E-state index contributed by atoms with van der Waals surface area (Å²) in [5.74, 6) is 1.11. The van der Waals surface area contributed by atoms with Crippen molar-refractivity contribution in [1.29, 1.82) is 0 Å². The van der Waals surface area contributed by atoms with E-state index in [2.05, 4.69) is 25.9 Å². The number of hydrogen-bond acceptors (Lipinski definition) is 7. The first-order chi connectivity index (χ1) is 16.3. The first kappa shape index (κ1) is 23.9. The molecule has 2 fully saturated rings. The number of carbonyl (C=O) groups excluding carboxylic acids is 1. The highest BCUT2D eigenvalue weighted by atomic mass is 19.4. The van der Waals surface area contributed by atoms with E-state index >= 15 is 0 Å². The molecule has 184 valence electrons. The lowest BCUT2D eigenvalue weighted by Gasteiger charge is -2.30. The molecule has 4 rings (SSSR count). The lowest BCUT2D eigenvalue weighted by atomic mass is 9.93. The Morgan fingerprint density at radius 3 is 2.50 bits per heavy atom. The van der Waals surface area contributed by atoms with Crippen LogP contribution in [0.15, 0.2) is 30.5 Å². The third-order valence-corrected chi connectivity index (χ3v) is 5.61. The maximum Gasteiger partial charge on any atom is 0.416 e. The number of amides is 2. The number of benzene rings is 1. The molecule has 0 unspecified atom stereocenters. The highest BCUT2D eigenvalue weighted by molar-refractivity contribution is 5.91. The van der Waals surface area contributed by atoms with Crippen LogP contribution in [0.5, 0.6) is 11.6 Å². The van der Waals surface area contributed by atoms with Gasteiger partial charge in [-0.3, -0.25) is 0 Å². The molecule has 1 aromatic heterocycles. The highest BCUT2D eigenvalue weighted by Crippen LogP contribution is 2.36. The van der Waals surface area contributed by atoms with Crippen molar-refractivity contribution < 1.29 is 32.2 Å². The fourth-order valence-corrected chi connectivity index (χ4v) is 3.74. The summed E-state index contributed by atoms with van der Waals surface area (Å²) in [6.07, 6.45) is -0.520. The predicted octanol–water partition coefficient (Wildman–Crippen LogP) is 3.83. The molecular formula is C22H26F3N5O4. The number of aromatic nitrogens is 2. The van der Waals surface area contributed by atoms with Crippen LogP contribution in [0.3, 0.4) is 0 Å². The lowest BCUT2D eigenvalue weighted by Crippen LogP contribution is -2.42. The zero-order valence-corrected chi connectivity index (χ0v) is 18.5. The molecular weight excluding hydrogens is 455 g/mol. The summed E-state index contributed by atoms with van der Waals surface area (Å²) >= 11 is 0. The molecule has 2 heterocycles. The van der Waals surface area contributed by atoms with Crippen LogP contribution < -0.4 is 25.4 Å². The third-order valence-electron chi connectivity index (χ3n) is 5.61. The molecule has 34 heavy (non-hydrogen) atoms. The molecule has 3 N–H and O–H groups in total. The molecule has 2 aromatic rings. The molecule has 2 amide bonds. The predicted molar refractivity (Wildman–Crippen MR) is 117 cm³/mol. The molecule has 0 bridgehead atoms. The van der Waals surface area contributed by atoms with Crippen LogP contribution in [0.25, 0.3) is 0 Å². The van der Waals surface area contributed by atoms with Gasteiger partial charge < -0.3 is 30.2 Å². The fourth-order valence-electron chi connectivity index (χ4n) is 3.74. The summed E-state index contributed by atoms with van der Waals surface area (Å²) in [6.45, 7) is 0.701. The third kappa shape index (κ3) is 6.19. The molecule has 0 radical (unpaired) electrons. The quantitative estimate of drug-likeness (QED) is 0.552. The number of ether oxygens (including phenoxy) is 3. The number of nitrogens with one attached hydrogen (secondary N) is 3. The van der Waals surface area contributed by atoms with Crippen molar-refractivity contribution in [2.24, 2.45) is 0 Å². The highest BCUT2D eigenvalue weighted by Gasteiger charge is 2.32. The Morgan fingerprint density at radius 2 is 1.85 bits per heavy atom. The maximum absolute atomic E-state index is 13.2. The van der Waals surface area contributed by atoms with E-state index in [4.69, 9.17) is 14.2 Å². The van der Waals surface area contributed by atoms with Gasteiger partial charge in [0.25, 0.3) is 0 Å². The van der Waals surface area contributed by atoms with Gasteiger partial charge in [-0.05, 0) is 43.9 Å². The van der Waals surface area contributed by atoms with Gasteiger partial charge in [0.2, 0.25) is 11.8 Å². The van der Waals surface area contributed by atoms with E-state index in [-0.39, 0.29) is 29.7 Å². The summed E-state index contributed by atoms with van der Waals surface area (Å²) in [6, 6.07) is 3.98. The molecule has 2 aliphatic rings. The van der Waals surface area contributed by atoms with Crippen molar-refractivity contribution in [3.63, 3.8) is 0 Å². The second kappa shape index (κ2) is 10.3. The van der Waals surface area contributed by atoms with Gasteiger partial charge in [-0.15, -0.1) is 0 Å². The number of urea groups is 1. The minimum absolute atomic E-state index is 0.0413. The van der Waals surface area contributed by atoms with Crippen molar-refractivity contribution in [3.8, 4) is 11.6 Å². The zero-order chi connectivity index (χ0) is 24.1. The Bertz CT molecular complexity index is 995. The van der Waals surface area contributed by atoms with Gasteiger partial charge in [0.05, 0.1) is 24.5 Å². The average molecular weight is 481 g/mol. The molecule has 1 aliphatic carbocycles. The Balaban J connectivity index is 1.32. The fraction of sp³-hybridized carbons (Fsp3) is 0.500. The Labute approximate surface area is 194 Å². The van der Waals surface area contributed by atoms with Crippen molar-refractivity contribution >= 4 is 17.7 Å². The summed E-state index contributed by atoms with van der Waals surface area (Å²) in [5, 5.41) is 8.20. The van der Waals surface area contributed by atoms with Crippen molar-refractivity contribution in [3.05, 3.63) is 36.0 Å². The monoisotopic (exact) mass is 481 g/mol. The number of nitrogens with zero attached hydrogens (tertiary/aromatic N) is 2. The van der Waals surface area contributed by atoms with Crippen molar-refractivity contribution in [1.82, 2.24) is 15.3 Å². The van der Waals surface area contributed by atoms with Crippen LogP contribution in [0.1, 0.15) is 31.2 Å². The summed E-state index contributed by atoms with van der Waals surface area (Å²) in [4.78, 5) is 20.9. The number of carbonyl (C=O) groups is 1. The largest absolute Gasteiger partial charge is 0.483 e. The summed E-state index contributed by atoms with van der Waals surface area (Å²) in [7, 11) is 1.72. The van der Waals surface area contributed by atoms with E-state index < -0.39 is 17.8 Å². The molecule has 0 spiro atoms. The standard InChI is InChI=1S/C22H26F3N5O4/c1-26-20-27-9-8-19(30-20)34-15-5-3-14(4-6-15)28-21(31)29-17-10-13(22(23,24)25)2-7-18(17)33-16-11-32-12-16/h2,7-10,14-16H,3-6,11-12H2,1H3,(H,26,27,30)(H2,28,29,31). The minimum Gasteiger partial charge on any atom is -0.483 e. The molecule has 12 heteroatoms. The first-order valence-electron chi connectivity index (χ1n) is 11.0. The first-order valence-corrected chi connectivity index (χ1v) is 11.0. The van der Waals surface area contributed by atoms with Crippen LogP contribution in [-0.4, -0.2) is 54.5 Å². The van der Waals surface area contributed by atoms with Gasteiger partial charge >= 0.3 is 12.2 Å². The van der Waals surface area contributed by atoms with Crippen molar-refractivity contribution in [2.75, 3.05) is 30.9 Å². The normalized spacial score (nSPS) is 20.7. The molecule has 1 aliphatic heterocycles. The van der Waals surface area contributed by atoms with Crippen LogP contribution in [0.2, 0.25) is 0 Å². The molecule has 0 atom stereocenters. The molecule has 1 saturated carbocycles. The van der Waals surface area contributed by atoms with Crippen LogP contribution >= 0.6 is 0 Å². The number of hydrogen-bond donors (Lipinski definition) is 3. The van der Waals surface area contributed by atoms with Crippen LogP contribution in [-0.2, 0) is 10.9 Å². The number of rotatable bonds is 7. The van der Waals surface area contributed by atoms with Gasteiger partial charge in [-0.25, -0.2) is 9.78 Å². The Hall–Kier alpha value is -3.28. The Kier molecular flexibility index (Phi) is 7.25. The van der Waals surface area contributed by atoms with Gasteiger partial charge in [0.15, 0.2) is 0 Å². The van der Waals surface area contributed by atoms with Gasteiger partial charge in [-0.2, -0.15) is 18.2 Å². The molecule has 1 aromatic carbocycles. The maximum atomic E-state index is 13.2.